The number of hydrogen-bond acceptors (Lipinski definition) is 3. The summed E-state index contributed by atoms with van der Waals surface area (Å²) in [4.78, 5) is 11.3. The minimum atomic E-state index is -3.65. The van der Waals surface area contributed by atoms with E-state index in [-0.39, 0.29) is 17.4 Å². The van der Waals surface area contributed by atoms with Crippen LogP contribution < -0.4 is 0 Å². The lowest BCUT2D eigenvalue weighted by Gasteiger charge is -2.33. The highest BCUT2D eigenvalue weighted by molar-refractivity contribution is 7.89. The molecule has 0 spiro atoms. The van der Waals surface area contributed by atoms with Gasteiger partial charge in [-0.15, -0.1) is 0 Å². The van der Waals surface area contributed by atoms with E-state index < -0.39 is 21.9 Å². The van der Waals surface area contributed by atoms with Crippen LogP contribution in [0.25, 0.3) is 6.08 Å². The van der Waals surface area contributed by atoms with Crippen LogP contribution in [0.2, 0.25) is 0 Å². The fourth-order valence-corrected chi connectivity index (χ4v) is 4.21. The Labute approximate surface area is 124 Å². The zero-order chi connectivity index (χ0) is 15.6. The number of carboxylic acids is 1. The number of benzene rings is 1. The van der Waals surface area contributed by atoms with E-state index in [1.54, 1.807) is 18.2 Å². The summed E-state index contributed by atoms with van der Waals surface area (Å²) < 4.78 is 26.5. The smallest absolute Gasteiger partial charge is 0.307 e. The van der Waals surface area contributed by atoms with Crippen LogP contribution in [0.3, 0.4) is 0 Å². The highest BCUT2D eigenvalue weighted by atomic mass is 32.2. The first-order chi connectivity index (χ1) is 9.84. The van der Waals surface area contributed by atoms with Crippen LogP contribution in [-0.2, 0) is 14.8 Å². The van der Waals surface area contributed by atoms with Gasteiger partial charge in [0.25, 0.3) is 0 Å². The molecule has 1 heterocycles. The summed E-state index contributed by atoms with van der Waals surface area (Å²) >= 11 is 0. The molecule has 1 fully saturated rings. The van der Waals surface area contributed by atoms with E-state index in [1.807, 2.05) is 6.92 Å². The van der Waals surface area contributed by atoms with Gasteiger partial charge in [0, 0.05) is 13.1 Å². The molecule has 1 aromatic carbocycles. The van der Waals surface area contributed by atoms with Crippen molar-refractivity contribution in [2.45, 2.75) is 18.2 Å². The Balaban J connectivity index is 2.28. The standard InChI is InChI=1S/C15H19NO4S/c1-3-12-4-6-14(7-5-12)21(19,20)16-9-11(2)8-13(10-16)15(17)18/h3-7,11,13H,1,8-10H2,2H3,(H,17,18). The lowest BCUT2D eigenvalue weighted by Crippen LogP contribution is -2.45. The van der Waals surface area contributed by atoms with E-state index in [0.29, 0.717) is 13.0 Å². The number of rotatable bonds is 4. The maximum Gasteiger partial charge on any atom is 0.307 e. The SMILES string of the molecule is C=Cc1ccc(S(=O)(=O)N2CC(C)CC(C(=O)O)C2)cc1. The van der Waals surface area contributed by atoms with Gasteiger partial charge >= 0.3 is 5.97 Å². The lowest BCUT2D eigenvalue weighted by atomic mass is 9.92. The van der Waals surface area contributed by atoms with Gasteiger partial charge in [-0.2, -0.15) is 4.31 Å². The van der Waals surface area contributed by atoms with Crippen molar-refractivity contribution in [2.75, 3.05) is 13.1 Å². The summed E-state index contributed by atoms with van der Waals surface area (Å²) in [5, 5.41) is 9.15. The summed E-state index contributed by atoms with van der Waals surface area (Å²) in [6.07, 6.45) is 2.15. The monoisotopic (exact) mass is 309 g/mol. The van der Waals surface area contributed by atoms with E-state index in [9.17, 15) is 13.2 Å². The molecule has 0 aliphatic carbocycles. The molecule has 2 unspecified atom stereocenters. The van der Waals surface area contributed by atoms with E-state index in [2.05, 4.69) is 6.58 Å². The van der Waals surface area contributed by atoms with Gasteiger partial charge in [-0.3, -0.25) is 4.79 Å². The molecule has 1 saturated heterocycles. The summed E-state index contributed by atoms with van der Waals surface area (Å²) in [5.41, 5.74) is 0.837. The van der Waals surface area contributed by atoms with Gasteiger partial charge < -0.3 is 5.11 Å². The Bertz CT molecular complexity index is 636. The number of aliphatic carboxylic acids is 1. The number of nitrogens with zero attached hydrogens (tertiary/aromatic N) is 1. The number of hydrogen-bond donors (Lipinski definition) is 1. The van der Waals surface area contributed by atoms with Gasteiger partial charge in [-0.25, -0.2) is 8.42 Å². The Kier molecular flexibility index (Phi) is 4.49. The van der Waals surface area contributed by atoms with Crippen molar-refractivity contribution in [1.82, 2.24) is 4.31 Å². The molecule has 6 heteroatoms. The van der Waals surface area contributed by atoms with Crippen LogP contribution in [0.4, 0.5) is 0 Å². The first-order valence-electron chi connectivity index (χ1n) is 6.80. The number of sulfonamides is 1. The molecule has 0 radical (unpaired) electrons. The van der Waals surface area contributed by atoms with Gasteiger partial charge in [-0.05, 0) is 30.0 Å². The van der Waals surface area contributed by atoms with Crippen LogP contribution in [-0.4, -0.2) is 36.9 Å². The molecule has 1 aromatic rings. The predicted octanol–water partition coefficient (Wildman–Crippen LogP) is 2.06. The Morgan fingerprint density at radius 3 is 2.48 bits per heavy atom. The topological polar surface area (TPSA) is 74.7 Å². The second-order valence-corrected chi connectivity index (χ2v) is 7.41. The molecule has 114 valence electrons. The molecule has 2 atom stereocenters. The van der Waals surface area contributed by atoms with Crippen LogP contribution in [0.1, 0.15) is 18.9 Å². The Morgan fingerprint density at radius 1 is 1.33 bits per heavy atom. The zero-order valence-electron chi connectivity index (χ0n) is 11.9. The van der Waals surface area contributed by atoms with Crippen molar-refractivity contribution in [3.8, 4) is 0 Å². The normalized spacial score (nSPS) is 23.7. The molecule has 0 saturated carbocycles. The van der Waals surface area contributed by atoms with Crippen LogP contribution in [0, 0.1) is 11.8 Å². The van der Waals surface area contributed by atoms with E-state index in [4.69, 9.17) is 5.11 Å². The van der Waals surface area contributed by atoms with E-state index >= 15 is 0 Å². The molecule has 1 aliphatic heterocycles. The molecule has 1 aliphatic rings. The fourth-order valence-electron chi connectivity index (χ4n) is 2.60. The third kappa shape index (κ3) is 3.33. The van der Waals surface area contributed by atoms with Crippen LogP contribution in [0.5, 0.6) is 0 Å². The Hall–Kier alpha value is -1.66. The molecule has 1 N–H and O–H groups in total. The Morgan fingerprint density at radius 2 is 1.95 bits per heavy atom. The molecule has 0 amide bonds. The molecule has 0 aromatic heterocycles. The van der Waals surface area contributed by atoms with Gasteiger partial charge in [0.2, 0.25) is 10.0 Å². The predicted molar refractivity (Wildman–Crippen MR) is 80.2 cm³/mol. The number of piperidine rings is 1. The van der Waals surface area contributed by atoms with Crippen LogP contribution >= 0.6 is 0 Å². The minimum Gasteiger partial charge on any atom is -0.481 e. The first-order valence-corrected chi connectivity index (χ1v) is 8.24. The van der Waals surface area contributed by atoms with Crippen molar-refractivity contribution in [2.24, 2.45) is 11.8 Å². The number of carboxylic acid groups (broad SMARTS) is 1. The molecule has 5 nitrogen and oxygen atoms in total. The van der Waals surface area contributed by atoms with Crippen molar-refractivity contribution in [1.29, 1.82) is 0 Å². The molecule has 21 heavy (non-hydrogen) atoms. The quantitative estimate of drug-likeness (QED) is 0.924. The van der Waals surface area contributed by atoms with E-state index in [1.165, 1.54) is 16.4 Å². The second kappa shape index (κ2) is 5.99. The average Bonchev–Trinajstić information content (AvgIpc) is 2.46. The average molecular weight is 309 g/mol. The van der Waals surface area contributed by atoms with Crippen molar-refractivity contribution < 1.29 is 18.3 Å². The van der Waals surface area contributed by atoms with Crippen molar-refractivity contribution in [3.63, 3.8) is 0 Å². The second-order valence-electron chi connectivity index (χ2n) is 5.47. The maximum atomic E-state index is 12.6. The maximum absolute atomic E-state index is 12.6. The zero-order valence-corrected chi connectivity index (χ0v) is 12.7. The minimum absolute atomic E-state index is 0.0297. The summed E-state index contributed by atoms with van der Waals surface area (Å²) in [7, 11) is -3.65. The van der Waals surface area contributed by atoms with Gasteiger partial charge in [0.15, 0.2) is 0 Å². The van der Waals surface area contributed by atoms with Gasteiger partial charge in [0.1, 0.15) is 0 Å². The molecular weight excluding hydrogens is 290 g/mol. The summed E-state index contributed by atoms with van der Waals surface area (Å²) in [6, 6.07) is 6.42. The van der Waals surface area contributed by atoms with E-state index in [0.717, 1.165) is 5.56 Å². The molecular formula is C15H19NO4S. The van der Waals surface area contributed by atoms with Gasteiger partial charge in [0.05, 0.1) is 10.8 Å². The number of carbonyl (C=O) groups is 1. The highest BCUT2D eigenvalue weighted by Crippen LogP contribution is 2.27. The summed E-state index contributed by atoms with van der Waals surface area (Å²) in [6.45, 7) is 5.89. The highest BCUT2D eigenvalue weighted by Gasteiger charge is 2.36. The lowest BCUT2D eigenvalue weighted by molar-refractivity contribution is -0.143. The van der Waals surface area contributed by atoms with Crippen LogP contribution in [0.15, 0.2) is 35.7 Å². The fraction of sp³-hybridized carbons (Fsp3) is 0.400. The third-order valence-corrected chi connectivity index (χ3v) is 5.57. The largest absolute Gasteiger partial charge is 0.481 e. The van der Waals surface area contributed by atoms with Crippen molar-refractivity contribution in [3.05, 3.63) is 36.4 Å². The van der Waals surface area contributed by atoms with Crippen molar-refractivity contribution >= 4 is 22.1 Å². The van der Waals surface area contributed by atoms with Gasteiger partial charge in [-0.1, -0.05) is 31.7 Å². The molecule has 2 rings (SSSR count). The molecule has 0 bridgehead atoms. The third-order valence-electron chi connectivity index (χ3n) is 3.73. The summed E-state index contributed by atoms with van der Waals surface area (Å²) in [5.74, 6) is -1.55. The first kappa shape index (κ1) is 15.7.